The van der Waals surface area contributed by atoms with Gasteiger partial charge in [0.2, 0.25) is 5.76 Å². The third kappa shape index (κ3) is 29.4. The van der Waals surface area contributed by atoms with Crippen LogP contribution in [0.3, 0.4) is 0 Å². The number of hydrogen-bond donors (Lipinski definition) is 3. The van der Waals surface area contributed by atoms with E-state index in [0.29, 0.717) is 0 Å². The highest BCUT2D eigenvalue weighted by molar-refractivity contribution is 5.84. The van der Waals surface area contributed by atoms with Crippen LogP contribution in [0.5, 0.6) is 0 Å². The molecule has 0 saturated heterocycles. The van der Waals surface area contributed by atoms with E-state index in [4.69, 9.17) is 10.2 Å². The van der Waals surface area contributed by atoms with Gasteiger partial charge in [-0.2, -0.15) is 0 Å². The first kappa shape index (κ1) is 37.6. The summed E-state index contributed by atoms with van der Waals surface area (Å²) in [6.45, 7) is 2.29. The molecule has 4 heteroatoms. The Morgan fingerprint density at radius 3 is 0.949 bits per heavy atom. The van der Waals surface area contributed by atoms with E-state index >= 15 is 0 Å². The number of rotatable bonds is 31. The number of unbranched alkanes of at least 4 members (excludes halogenated alkanes) is 28. The second-order valence-electron chi connectivity index (χ2n) is 11.8. The van der Waals surface area contributed by atoms with Crippen LogP contribution in [0.4, 0.5) is 0 Å². The predicted molar refractivity (Wildman–Crippen MR) is 169 cm³/mol. The Kier molecular flexibility index (Phi) is 29.9. The van der Waals surface area contributed by atoms with Crippen molar-refractivity contribution in [3.63, 3.8) is 0 Å². The van der Waals surface area contributed by atoms with E-state index in [1.165, 1.54) is 173 Å². The van der Waals surface area contributed by atoms with Crippen LogP contribution in [0.1, 0.15) is 193 Å². The molecule has 4 nitrogen and oxygen atoms in total. The Bertz CT molecular complexity index is 581. The molecular weight excluding hydrogens is 484 g/mol. The zero-order valence-electron chi connectivity index (χ0n) is 25.9. The summed E-state index contributed by atoms with van der Waals surface area (Å²) in [4.78, 5) is 10.5. The van der Waals surface area contributed by atoms with E-state index in [1.807, 2.05) is 0 Å². The first-order valence-electron chi connectivity index (χ1n) is 17.1. The zero-order valence-corrected chi connectivity index (χ0v) is 25.9. The second kappa shape index (κ2) is 31.1. The number of aliphatic hydroxyl groups excluding tert-OH is 2. The first-order valence-corrected chi connectivity index (χ1v) is 17.1. The minimum absolute atomic E-state index is 0.581. The van der Waals surface area contributed by atoms with Crippen LogP contribution in [-0.2, 0) is 4.79 Å². The van der Waals surface area contributed by atoms with E-state index in [0.717, 1.165) is 19.3 Å². The lowest BCUT2D eigenvalue weighted by atomic mass is 10.0. The molecule has 0 fully saturated rings. The van der Waals surface area contributed by atoms with E-state index in [-0.39, 0.29) is 0 Å². The van der Waals surface area contributed by atoms with Crippen molar-refractivity contribution in [2.45, 2.75) is 193 Å². The maximum atomic E-state index is 10.5. The highest BCUT2D eigenvalue weighted by Gasteiger charge is 2.08. The predicted octanol–water partition coefficient (Wildman–Crippen LogP) is 12.3. The third-order valence-electron chi connectivity index (χ3n) is 7.95. The molecule has 0 aromatic carbocycles. The van der Waals surface area contributed by atoms with Gasteiger partial charge >= 0.3 is 5.97 Å². The van der Waals surface area contributed by atoms with E-state index < -0.39 is 17.5 Å². The molecule has 0 bridgehead atoms. The quantitative estimate of drug-likeness (QED) is 0.0347. The monoisotopic (exact) mass is 550 g/mol. The van der Waals surface area contributed by atoms with E-state index in [9.17, 15) is 9.90 Å². The summed E-state index contributed by atoms with van der Waals surface area (Å²) < 4.78 is 0. The fourth-order valence-corrected chi connectivity index (χ4v) is 5.32. The lowest BCUT2D eigenvalue weighted by molar-refractivity contribution is -0.135. The summed E-state index contributed by atoms with van der Waals surface area (Å²) in [6.07, 6.45) is 42.8. The molecule has 0 amide bonds. The SMILES string of the molecule is CCCCCCCCCCCCCCCCCCCCCCCCCCCCCCC=CC(O)=C(O)C(=O)O. The first-order chi connectivity index (χ1) is 19.1. The average molecular weight is 551 g/mol. The van der Waals surface area contributed by atoms with Gasteiger partial charge in [-0.05, 0) is 18.9 Å². The normalized spacial score (nSPS) is 12.3. The maximum absolute atomic E-state index is 10.5. The standard InChI is InChI=1S/C35H66O4/c1-2-3-4-5-6-7-8-9-10-11-12-13-14-15-16-17-18-19-20-21-22-23-24-25-26-27-28-29-30-31-32-33(36)34(37)35(38)39/h31-32,36-37H,2-30H2,1H3,(H,38,39). The fourth-order valence-electron chi connectivity index (χ4n) is 5.32. The van der Waals surface area contributed by atoms with Crippen molar-refractivity contribution >= 4 is 5.97 Å². The molecule has 39 heavy (non-hydrogen) atoms. The van der Waals surface area contributed by atoms with Crippen LogP contribution in [0.2, 0.25) is 0 Å². The number of carboxylic acids is 1. The smallest absolute Gasteiger partial charge is 0.374 e. The lowest BCUT2D eigenvalue weighted by Gasteiger charge is -2.04. The Labute approximate surface area is 242 Å². The van der Waals surface area contributed by atoms with Crippen LogP contribution in [0.15, 0.2) is 23.7 Å². The molecule has 0 radical (unpaired) electrons. The molecule has 0 aliphatic heterocycles. The number of hydrogen-bond acceptors (Lipinski definition) is 3. The molecule has 0 unspecified atom stereocenters. The van der Waals surface area contributed by atoms with Gasteiger partial charge in [0.05, 0.1) is 0 Å². The largest absolute Gasteiger partial charge is 0.504 e. The van der Waals surface area contributed by atoms with Crippen molar-refractivity contribution in [2.75, 3.05) is 0 Å². The van der Waals surface area contributed by atoms with Gasteiger partial charge in [0.25, 0.3) is 0 Å². The number of allylic oxidation sites excluding steroid dienone is 2. The van der Waals surface area contributed by atoms with Crippen LogP contribution in [-0.4, -0.2) is 21.3 Å². The van der Waals surface area contributed by atoms with Gasteiger partial charge in [-0.1, -0.05) is 186 Å². The summed E-state index contributed by atoms with van der Waals surface area (Å²) in [5.74, 6) is -3.09. The Balaban J connectivity index is 3.16. The molecule has 0 aromatic heterocycles. The lowest BCUT2D eigenvalue weighted by Crippen LogP contribution is -2.02. The molecule has 0 heterocycles. The summed E-state index contributed by atoms with van der Waals surface area (Å²) in [7, 11) is 0. The molecule has 0 aliphatic rings. The number of aliphatic carboxylic acids is 1. The molecule has 230 valence electrons. The van der Waals surface area contributed by atoms with Crippen molar-refractivity contribution in [3.8, 4) is 0 Å². The number of carbonyl (C=O) groups is 1. The summed E-state index contributed by atoms with van der Waals surface area (Å²) in [6, 6.07) is 0. The van der Waals surface area contributed by atoms with Crippen molar-refractivity contribution in [2.24, 2.45) is 0 Å². The minimum Gasteiger partial charge on any atom is -0.504 e. The van der Waals surface area contributed by atoms with Crippen LogP contribution < -0.4 is 0 Å². The zero-order chi connectivity index (χ0) is 28.7. The van der Waals surface area contributed by atoms with E-state index in [2.05, 4.69) is 6.92 Å². The fraction of sp³-hybridized carbons (Fsp3) is 0.857. The topological polar surface area (TPSA) is 77.8 Å². The van der Waals surface area contributed by atoms with Crippen LogP contribution in [0.25, 0.3) is 0 Å². The van der Waals surface area contributed by atoms with Gasteiger partial charge in [0, 0.05) is 0 Å². The highest BCUT2D eigenvalue weighted by atomic mass is 16.4. The molecule has 3 N–H and O–H groups in total. The molecular formula is C35H66O4. The van der Waals surface area contributed by atoms with Gasteiger partial charge in [0.15, 0.2) is 5.76 Å². The van der Waals surface area contributed by atoms with E-state index in [1.54, 1.807) is 6.08 Å². The van der Waals surface area contributed by atoms with Crippen LogP contribution >= 0.6 is 0 Å². The summed E-state index contributed by atoms with van der Waals surface area (Å²) >= 11 is 0. The Hall–Kier alpha value is -1.45. The van der Waals surface area contributed by atoms with Crippen LogP contribution in [0, 0.1) is 0 Å². The van der Waals surface area contributed by atoms with Gasteiger partial charge in [0.1, 0.15) is 0 Å². The van der Waals surface area contributed by atoms with Crippen molar-refractivity contribution in [1.29, 1.82) is 0 Å². The highest BCUT2D eigenvalue weighted by Crippen LogP contribution is 2.16. The molecule has 0 rings (SSSR count). The molecule has 0 spiro atoms. The second-order valence-corrected chi connectivity index (χ2v) is 11.8. The minimum atomic E-state index is -1.51. The summed E-state index contributed by atoms with van der Waals surface area (Å²) in [5, 5.41) is 27.0. The van der Waals surface area contributed by atoms with Gasteiger partial charge < -0.3 is 15.3 Å². The Morgan fingerprint density at radius 2 is 0.692 bits per heavy atom. The Morgan fingerprint density at radius 1 is 0.436 bits per heavy atom. The summed E-state index contributed by atoms with van der Waals surface area (Å²) in [5.41, 5.74) is 0. The maximum Gasteiger partial charge on any atom is 0.374 e. The molecule has 0 aromatic rings. The number of carboxylic acid groups (broad SMARTS) is 1. The van der Waals surface area contributed by atoms with Gasteiger partial charge in [-0.15, -0.1) is 0 Å². The van der Waals surface area contributed by atoms with Crippen molar-refractivity contribution in [1.82, 2.24) is 0 Å². The average Bonchev–Trinajstić information content (AvgIpc) is 2.93. The van der Waals surface area contributed by atoms with Gasteiger partial charge in [-0.25, -0.2) is 4.79 Å². The number of aliphatic hydroxyl groups is 2. The molecule has 0 saturated carbocycles. The van der Waals surface area contributed by atoms with Crippen molar-refractivity contribution in [3.05, 3.63) is 23.7 Å². The molecule has 0 atom stereocenters. The van der Waals surface area contributed by atoms with Gasteiger partial charge in [-0.3, -0.25) is 0 Å². The molecule has 0 aliphatic carbocycles. The van der Waals surface area contributed by atoms with Crippen molar-refractivity contribution < 1.29 is 20.1 Å². The third-order valence-corrected chi connectivity index (χ3v) is 7.95.